The van der Waals surface area contributed by atoms with Crippen molar-refractivity contribution in [2.75, 3.05) is 5.32 Å². The van der Waals surface area contributed by atoms with E-state index in [0.717, 1.165) is 5.39 Å². The molecule has 0 saturated heterocycles. The number of carbonyl (C=O) groups is 1. The number of hydrogen-bond acceptors (Lipinski definition) is 6. The number of pyridine rings is 1. The van der Waals surface area contributed by atoms with Crippen molar-refractivity contribution in [3.63, 3.8) is 0 Å². The number of aromatic nitrogens is 5. The van der Waals surface area contributed by atoms with Gasteiger partial charge in [-0.15, -0.1) is 0 Å². The third-order valence-corrected chi connectivity index (χ3v) is 4.47. The number of nitrogens with zero attached hydrogens (tertiary/aromatic N) is 6. The van der Waals surface area contributed by atoms with Gasteiger partial charge in [-0.2, -0.15) is 10.4 Å². The first-order valence-corrected chi connectivity index (χ1v) is 8.98. The summed E-state index contributed by atoms with van der Waals surface area (Å²) in [5.74, 6) is -0.270. The number of nitriles is 1. The molecule has 0 aliphatic carbocycles. The lowest BCUT2D eigenvalue weighted by atomic mass is 10.0. The Bertz CT molecular complexity index is 1310. The van der Waals surface area contributed by atoms with Gasteiger partial charge in [0.15, 0.2) is 11.5 Å². The molecule has 3 aromatic heterocycles. The van der Waals surface area contributed by atoms with Crippen molar-refractivity contribution in [2.24, 2.45) is 7.05 Å². The number of fused-ring (bicyclic) bond motifs is 1. The van der Waals surface area contributed by atoms with Gasteiger partial charge >= 0.3 is 0 Å². The average Bonchev–Trinajstić information content (AvgIpc) is 3.13. The van der Waals surface area contributed by atoms with Crippen LogP contribution in [0.3, 0.4) is 0 Å². The van der Waals surface area contributed by atoms with E-state index >= 15 is 0 Å². The van der Waals surface area contributed by atoms with Gasteiger partial charge < -0.3 is 5.32 Å². The van der Waals surface area contributed by atoms with Crippen molar-refractivity contribution in [2.45, 2.75) is 6.92 Å². The Morgan fingerprint density at radius 2 is 2.07 bits per heavy atom. The monoisotopic (exact) mass is 403 g/mol. The summed E-state index contributed by atoms with van der Waals surface area (Å²) in [7, 11) is 1.79. The first-order chi connectivity index (χ1) is 14.0. The van der Waals surface area contributed by atoms with Crippen LogP contribution in [0.25, 0.3) is 33.5 Å². The molecule has 0 bridgehead atoms. The summed E-state index contributed by atoms with van der Waals surface area (Å²) < 4.78 is 1.63. The van der Waals surface area contributed by atoms with Gasteiger partial charge in [-0.1, -0.05) is 17.7 Å². The van der Waals surface area contributed by atoms with Crippen LogP contribution < -0.4 is 5.32 Å². The number of nitrogens with one attached hydrogen (secondary N) is 1. The molecule has 0 saturated carbocycles. The fraction of sp³-hybridized carbons (Fsp3) is 0.100. The van der Waals surface area contributed by atoms with Crippen LogP contribution in [0.4, 0.5) is 5.82 Å². The van der Waals surface area contributed by atoms with Crippen LogP contribution in [-0.2, 0) is 11.8 Å². The highest BCUT2D eigenvalue weighted by molar-refractivity contribution is 6.35. The average molecular weight is 404 g/mol. The third-order valence-electron chi connectivity index (χ3n) is 4.18. The predicted octanol–water partition coefficient (Wildman–Crippen LogP) is 3.58. The van der Waals surface area contributed by atoms with E-state index in [0.29, 0.717) is 33.2 Å². The second kappa shape index (κ2) is 7.30. The van der Waals surface area contributed by atoms with Crippen LogP contribution in [0.15, 0.2) is 42.7 Å². The lowest BCUT2D eigenvalue weighted by Crippen LogP contribution is -2.12. The number of aryl methyl sites for hydroxylation is 1. The van der Waals surface area contributed by atoms with Crippen molar-refractivity contribution in [3.8, 4) is 28.7 Å². The summed E-state index contributed by atoms with van der Waals surface area (Å²) in [6.45, 7) is 1.34. The highest BCUT2D eigenvalue weighted by atomic mass is 35.5. The van der Waals surface area contributed by atoms with Gasteiger partial charge in [-0.3, -0.25) is 14.5 Å². The molecule has 0 radical (unpaired) electrons. The quantitative estimate of drug-likeness (QED) is 0.560. The molecule has 142 valence electrons. The number of halogens is 1. The van der Waals surface area contributed by atoms with Crippen molar-refractivity contribution in [3.05, 3.63) is 53.4 Å². The van der Waals surface area contributed by atoms with Crippen molar-refractivity contribution >= 4 is 34.2 Å². The van der Waals surface area contributed by atoms with Gasteiger partial charge in [0.25, 0.3) is 0 Å². The first-order valence-electron chi connectivity index (χ1n) is 8.60. The second-order valence-electron chi connectivity index (χ2n) is 6.32. The predicted molar refractivity (Wildman–Crippen MR) is 109 cm³/mol. The van der Waals surface area contributed by atoms with Gasteiger partial charge in [-0.05, 0) is 24.3 Å². The molecule has 0 fully saturated rings. The lowest BCUT2D eigenvalue weighted by Gasteiger charge is -2.12. The second-order valence-corrected chi connectivity index (χ2v) is 6.73. The largest absolute Gasteiger partial charge is 0.308 e. The maximum absolute atomic E-state index is 11.5. The van der Waals surface area contributed by atoms with Gasteiger partial charge in [0.2, 0.25) is 5.91 Å². The zero-order chi connectivity index (χ0) is 20.5. The fourth-order valence-corrected chi connectivity index (χ4v) is 3.25. The lowest BCUT2D eigenvalue weighted by molar-refractivity contribution is -0.114. The molecular weight excluding hydrogens is 390 g/mol. The van der Waals surface area contributed by atoms with Crippen molar-refractivity contribution < 1.29 is 4.79 Å². The summed E-state index contributed by atoms with van der Waals surface area (Å²) in [4.78, 5) is 24.8. The number of amides is 1. The number of benzene rings is 1. The van der Waals surface area contributed by atoms with Crippen LogP contribution in [-0.4, -0.2) is 30.6 Å². The van der Waals surface area contributed by atoms with E-state index in [-0.39, 0.29) is 17.4 Å². The normalized spacial score (nSPS) is 10.7. The molecule has 0 spiro atoms. The van der Waals surface area contributed by atoms with E-state index in [4.69, 9.17) is 11.6 Å². The highest BCUT2D eigenvalue weighted by Crippen LogP contribution is 2.34. The molecule has 0 atom stereocenters. The van der Waals surface area contributed by atoms with E-state index < -0.39 is 0 Å². The molecule has 0 aliphatic heterocycles. The van der Waals surface area contributed by atoms with E-state index in [1.807, 2.05) is 24.3 Å². The minimum absolute atomic E-state index is 0.00251. The first kappa shape index (κ1) is 18.5. The minimum Gasteiger partial charge on any atom is -0.308 e. The molecule has 4 rings (SSSR count). The molecular formula is C20H14ClN7O. The van der Waals surface area contributed by atoms with Crippen molar-refractivity contribution in [1.82, 2.24) is 24.7 Å². The topological polar surface area (TPSA) is 109 Å². The van der Waals surface area contributed by atoms with E-state index in [9.17, 15) is 10.1 Å². The smallest absolute Gasteiger partial charge is 0.222 e. The summed E-state index contributed by atoms with van der Waals surface area (Å²) in [6, 6.07) is 11.1. The van der Waals surface area contributed by atoms with Crippen molar-refractivity contribution in [1.29, 1.82) is 5.26 Å². The van der Waals surface area contributed by atoms with Gasteiger partial charge in [0.05, 0.1) is 10.5 Å². The third kappa shape index (κ3) is 3.51. The Kier molecular flexibility index (Phi) is 4.66. The van der Waals surface area contributed by atoms with E-state index in [1.165, 1.54) is 6.92 Å². The Morgan fingerprint density at radius 1 is 1.24 bits per heavy atom. The molecule has 0 unspecified atom stereocenters. The van der Waals surface area contributed by atoms with Crippen LogP contribution in [0.1, 0.15) is 12.6 Å². The molecule has 1 N–H and O–H groups in total. The Labute approximate surface area is 170 Å². The van der Waals surface area contributed by atoms with Crippen LogP contribution in [0.5, 0.6) is 0 Å². The minimum atomic E-state index is -0.352. The van der Waals surface area contributed by atoms with E-state index in [2.05, 4.69) is 25.4 Å². The molecule has 9 heteroatoms. The molecule has 1 aromatic carbocycles. The summed E-state index contributed by atoms with van der Waals surface area (Å²) >= 11 is 6.44. The molecule has 3 heterocycles. The van der Waals surface area contributed by atoms with Crippen LogP contribution in [0, 0.1) is 11.3 Å². The molecule has 1 amide bonds. The number of hydrogen-bond donors (Lipinski definition) is 1. The molecule has 4 aromatic rings. The summed E-state index contributed by atoms with van der Waals surface area (Å²) in [6.07, 6.45) is 3.44. The number of carbonyl (C=O) groups excluding carboxylic acids is 1. The summed E-state index contributed by atoms with van der Waals surface area (Å²) in [5.41, 5.74) is 2.73. The van der Waals surface area contributed by atoms with Crippen LogP contribution >= 0.6 is 11.6 Å². The number of anilines is 1. The SMILES string of the molecule is CC(=O)Nc1nc(-c2ccn(C)n2)c(-c2cc(Cl)c3ncccc3c2)nc1C#N. The summed E-state index contributed by atoms with van der Waals surface area (Å²) in [5, 5.41) is 17.8. The Balaban J connectivity index is 2.01. The maximum atomic E-state index is 11.5. The van der Waals surface area contributed by atoms with Gasteiger partial charge in [0, 0.05) is 37.3 Å². The van der Waals surface area contributed by atoms with Gasteiger partial charge in [0.1, 0.15) is 23.2 Å². The fourth-order valence-electron chi connectivity index (χ4n) is 2.97. The maximum Gasteiger partial charge on any atom is 0.222 e. The standard InChI is InChI=1S/C20H14ClN7O/c1-11(29)24-20-16(10-22)25-18(19(26-20)15-5-7-28(2)27-15)13-8-12-4-3-6-23-17(12)14(21)9-13/h3-9H,1-2H3,(H,24,26,29). The molecule has 0 aliphatic rings. The Morgan fingerprint density at radius 3 is 2.76 bits per heavy atom. The van der Waals surface area contributed by atoms with Gasteiger partial charge in [-0.25, -0.2) is 9.97 Å². The molecule has 29 heavy (non-hydrogen) atoms. The number of rotatable bonds is 3. The molecule has 8 nitrogen and oxygen atoms in total. The zero-order valence-corrected chi connectivity index (χ0v) is 16.3. The highest BCUT2D eigenvalue weighted by Gasteiger charge is 2.20. The van der Waals surface area contributed by atoms with Crippen LogP contribution in [0.2, 0.25) is 5.02 Å². The zero-order valence-electron chi connectivity index (χ0n) is 15.5. The Hall–Kier alpha value is -3.83. The van der Waals surface area contributed by atoms with E-state index in [1.54, 1.807) is 36.3 Å².